The minimum Gasteiger partial charge on any atom is -0.505 e. The van der Waals surface area contributed by atoms with Crippen molar-refractivity contribution >= 4 is 16.4 Å². The van der Waals surface area contributed by atoms with E-state index in [1.54, 1.807) is 0 Å². The second-order valence-electron chi connectivity index (χ2n) is 2.76. The Morgan fingerprint density at radius 3 is 1.94 bits per heavy atom. The predicted octanol–water partition coefficient (Wildman–Crippen LogP) is -2.06. The van der Waals surface area contributed by atoms with Gasteiger partial charge in [-0.2, -0.15) is 8.42 Å². The summed E-state index contributed by atoms with van der Waals surface area (Å²) in [5.74, 6) is -2.78. The Bertz CT molecular complexity index is 401. The first-order valence-corrected chi connectivity index (χ1v) is 5.29. The molecule has 0 aromatic rings. The van der Waals surface area contributed by atoms with Gasteiger partial charge in [0.15, 0.2) is 11.9 Å². The molecule has 11 heteroatoms. The number of rotatable bonds is 2. The van der Waals surface area contributed by atoms with Gasteiger partial charge in [0.25, 0.3) is 0 Å². The molecule has 1 aliphatic rings. The number of hydrogen-bond acceptors (Lipinski definition) is 8. The van der Waals surface area contributed by atoms with Crippen molar-refractivity contribution in [3.63, 3.8) is 0 Å². The van der Waals surface area contributed by atoms with Crippen molar-refractivity contribution in [3.05, 3.63) is 11.5 Å². The molecule has 0 aromatic heterocycles. The molecule has 0 bridgehead atoms. The molecule has 17 heavy (non-hydrogen) atoms. The number of aliphatic hydroxyl groups is 4. The van der Waals surface area contributed by atoms with Crippen LogP contribution >= 0.6 is 0 Å². The summed E-state index contributed by atoms with van der Waals surface area (Å²) < 4.78 is 35.9. The average molecular weight is 274 g/mol. The number of ether oxygens (including phenoxy) is 1. The van der Waals surface area contributed by atoms with Crippen LogP contribution in [0, 0.1) is 0 Å². The molecule has 0 fully saturated rings. The number of hydrogen-bond donors (Lipinski definition) is 6. The first-order chi connectivity index (χ1) is 7.57. The van der Waals surface area contributed by atoms with Crippen molar-refractivity contribution in [2.45, 2.75) is 12.2 Å². The molecule has 0 unspecified atom stereocenters. The Labute approximate surface area is 95.0 Å². The van der Waals surface area contributed by atoms with Gasteiger partial charge in [0, 0.05) is 0 Å². The summed E-state index contributed by atoms with van der Waals surface area (Å²) in [7, 11) is -4.67. The highest BCUT2D eigenvalue weighted by Gasteiger charge is 2.38. The fourth-order valence-electron chi connectivity index (χ4n) is 0.823. The Morgan fingerprint density at radius 2 is 1.71 bits per heavy atom. The average Bonchev–Trinajstić information content (AvgIpc) is 2.42. The van der Waals surface area contributed by atoms with Gasteiger partial charge in [0.2, 0.25) is 5.76 Å². The van der Waals surface area contributed by atoms with E-state index in [9.17, 15) is 4.79 Å². The molecule has 0 aromatic carbocycles. The molecule has 0 saturated carbocycles. The lowest BCUT2D eigenvalue weighted by Gasteiger charge is -2.13. The SMILES string of the molecule is O=C1O[C@H]([C@@H](O)CO)C(O)=C1O.O=S(=O)(O)O. The van der Waals surface area contributed by atoms with Gasteiger partial charge in [-0.05, 0) is 0 Å². The molecule has 10 nitrogen and oxygen atoms in total. The summed E-state index contributed by atoms with van der Waals surface area (Å²) >= 11 is 0. The third-order valence-corrected chi connectivity index (χ3v) is 1.48. The molecule has 0 aliphatic carbocycles. The van der Waals surface area contributed by atoms with E-state index in [0.717, 1.165) is 0 Å². The van der Waals surface area contributed by atoms with Gasteiger partial charge < -0.3 is 25.2 Å². The number of aliphatic hydroxyl groups excluding tert-OH is 4. The van der Waals surface area contributed by atoms with Gasteiger partial charge >= 0.3 is 16.4 Å². The highest BCUT2D eigenvalue weighted by Crippen LogP contribution is 2.20. The minimum absolute atomic E-state index is 0.671. The summed E-state index contributed by atoms with van der Waals surface area (Å²) in [6.07, 6.45) is -2.78. The van der Waals surface area contributed by atoms with Gasteiger partial charge in [-0.1, -0.05) is 0 Å². The van der Waals surface area contributed by atoms with Gasteiger partial charge in [-0.15, -0.1) is 0 Å². The van der Waals surface area contributed by atoms with E-state index in [-0.39, 0.29) is 0 Å². The van der Waals surface area contributed by atoms with Crippen LogP contribution in [-0.4, -0.2) is 62.7 Å². The minimum atomic E-state index is -4.67. The smallest absolute Gasteiger partial charge is 0.394 e. The molecule has 0 amide bonds. The van der Waals surface area contributed by atoms with Crippen molar-refractivity contribution in [2.75, 3.05) is 6.61 Å². The van der Waals surface area contributed by atoms with Crippen molar-refractivity contribution < 1.29 is 47.5 Å². The molecule has 1 rings (SSSR count). The molecule has 2 atom stereocenters. The van der Waals surface area contributed by atoms with Crippen LogP contribution in [-0.2, 0) is 19.9 Å². The van der Waals surface area contributed by atoms with Gasteiger partial charge in [-0.3, -0.25) is 9.11 Å². The zero-order valence-corrected chi connectivity index (χ0v) is 8.90. The molecule has 0 saturated heterocycles. The lowest BCUT2D eigenvalue weighted by molar-refractivity contribution is -0.147. The van der Waals surface area contributed by atoms with Crippen LogP contribution in [0.3, 0.4) is 0 Å². The van der Waals surface area contributed by atoms with E-state index in [1.165, 1.54) is 0 Å². The van der Waals surface area contributed by atoms with Gasteiger partial charge in [0.1, 0.15) is 6.10 Å². The number of carbonyl (C=O) groups excluding carboxylic acids is 1. The van der Waals surface area contributed by atoms with Crippen molar-refractivity contribution in [1.29, 1.82) is 0 Å². The quantitative estimate of drug-likeness (QED) is 0.242. The van der Waals surface area contributed by atoms with Crippen LogP contribution in [0.2, 0.25) is 0 Å². The topological polar surface area (TPSA) is 182 Å². The molecule has 6 N–H and O–H groups in total. The van der Waals surface area contributed by atoms with Crippen LogP contribution in [0.15, 0.2) is 11.5 Å². The molecule has 1 aliphatic heterocycles. The second kappa shape index (κ2) is 5.79. The fraction of sp³-hybridized carbons (Fsp3) is 0.500. The first kappa shape index (κ1) is 15.6. The zero-order valence-electron chi connectivity index (χ0n) is 8.09. The van der Waals surface area contributed by atoms with Gasteiger partial charge in [0.05, 0.1) is 6.61 Å². The van der Waals surface area contributed by atoms with E-state index >= 15 is 0 Å². The molecule has 100 valence electrons. The van der Waals surface area contributed by atoms with Crippen LogP contribution in [0.5, 0.6) is 0 Å². The van der Waals surface area contributed by atoms with Crippen LogP contribution in [0.1, 0.15) is 0 Å². The number of carbonyl (C=O) groups is 1. The molecular weight excluding hydrogens is 264 g/mol. The standard InChI is InChI=1S/C6H8O6.H2O4S/c7-1-2(8)5-3(9)4(10)6(11)12-5;1-5(2,3)4/h2,5,7-10H,1H2;(H2,1,2,3,4)/t2-,5+;/m0./s1. The maximum atomic E-state index is 10.5. The van der Waals surface area contributed by atoms with E-state index < -0.39 is 46.7 Å². The van der Waals surface area contributed by atoms with Gasteiger partial charge in [-0.25, -0.2) is 4.79 Å². The van der Waals surface area contributed by atoms with E-state index in [2.05, 4.69) is 4.74 Å². The molecule has 1 heterocycles. The molecule has 0 spiro atoms. The van der Waals surface area contributed by atoms with E-state index in [0.29, 0.717) is 0 Å². The summed E-state index contributed by atoms with van der Waals surface area (Å²) in [4.78, 5) is 10.5. The first-order valence-electron chi connectivity index (χ1n) is 3.89. The predicted molar refractivity (Wildman–Crippen MR) is 49.4 cm³/mol. The largest absolute Gasteiger partial charge is 0.505 e. The maximum absolute atomic E-state index is 10.5. The maximum Gasteiger partial charge on any atom is 0.394 e. The molecule has 0 radical (unpaired) electrons. The van der Waals surface area contributed by atoms with Crippen LogP contribution < -0.4 is 0 Å². The van der Waals surface area contributed by atoms with Crippen LogP contribution in [0.25, 0.3) is 0 Å². The summed E-state index contributed by atoms with van der Waals surface area (Å²) in [6, 6.07) is 0. The lowest BCUT2D eigenvalue weighted by Crippen LogP contribution is -2.31. The third-order valence-electron chi connectivity index (χ3n) is 1.48. The van der Waals surface area contributed by atoms with Crippen LogP contribution in [0.4, 0.5) is 0 Å². The monoisotopic (exact) mass is 274 g/mol. The highest BCUT2D eigenvalue weighted by atomic mass is 32.3. The second-order valence-corrected chi connectivity index (χ2v) is 3.65. The van der Waals surface area contributed by atoms with Crippen molar-refractivity contribution in [2.24, 2.45) is 0 Å². The lowest BCUT2D eigenvalue weighted by atomic mass is 10.2. The Morgan fingerprint density at radius 1 is 1.29 bits per heavy atom. The number of cyclic esters (lactones) is 1. The van der Waals surface area contributed by atoms with E-state index in [4.69, 9.17) is 37.9 Å². The highest BCUT2D eigenvalue weighted by molar-refractivity contribution is 7.79. The summed E-state index contributed by atoms with van der Waals surface area (Å²) in [5, 5.41) is 35.0. The Hall–Kier alpha value is -1.40. The fourth-order valence-corrected chi connectivity index (χ4v) is 0.823. The summed E-state index contributed by atoms with van der Waals surface area (Å²) in [6.45, 7) is -0.671. The van der Waals surface area contributed by atoms with Crippen molar-refractivity contribution in [1.82, 2.24) is 0 Å². The van der Waals surface area contributed by atoms with E-state index in [1.807, 2.05) is 0 Å². The molecular formula is C6H10O10S. The third kappa shape index (κ3) is 5.46. The zero-order chi connectivity index (χ0) is 13.8. The van der Waals surface area contributed by atoms with Crippen molar-refractivity contribution in [3.8, 4) is 0 Å². The summed E-state index contributed by atoms with van der Waals surface area (Å²) in [5.41, 5.74) is 0. The Balaban J connectivity index is 0.000000437. The normalized spacial score (nSPS) is 21.6. The number of esters is 1. The Kier molecular flexibility index (Phi) is 5.31.